The summed E-state index contributed by atoms with van der Waals surface area (Å²) in [5.41, 5.74) is 1.93. The first-order valence-corrected chi connectivity index (χ1v) is 7.70. The topological polar surface area (TPSA) is 75.4 Å². The van der Waals surface area contributed by atoms with Crippen LogP contribution in [-0.4, -0.2) is 44.0 Å². The maximum absolute atomic E-state index is 12.5. The zero-order valence-electron chi connectivity index (χ0n) is 12.8. The van der Waals surface area contributed by atoms with Crippen molar-refractivity contribution in [1.29, 1.82) is 0 Å². The normalized spacial score (nSPS) is 17.4. The predicted molar refractivity (Wildman–Crippen MR) is 83.8 cm³/mol. The maximum Gasteiger partial charge on any atom is 0.326 e. The standard InChI is InChI=1S/C17H19N3O3/c21-16(20-8-4-7-15(20)17(22)23)9-14-10-18-12-19(14)11-13-5-2-1-3-6-13/h1-3,5-6,10,12,15H,4,7-9,11H2,(H,22,23)/t15-/m0/s1. The van der Waals surface area contributed by atoms with E-state index in [1.165, 1.54) is 4.90 Å². The van der Waals surface area contributed by atoms with Crippen LogP contribution in [0.25, 0.3) is 0 Å². The minimum absolute atomic E-state index is 0.148. The largest absolute Gasteiger partial charge is 0.480 e. The molecule has 1 aromatic heterocycles. The zero-order chi connectivity index (χ0) is 16.2. The third-order valence-corrected chi connectivity index (χ3v) is 4.18. The lowest BCUT2D eigenvalue weighted by molar-refractivity contribution is -0.148. The fourth-order valence-corrected chi connectivity index (χ4v) is 3.00. The Labute approximate surface area is 134 Å². The Bertz CT molecular complexity index is 696. The molecule has 1 amide bonds. The van der Waals surface area contributed by atoms with Crippen LogP contribution >= 0.6 is 0 Å². The summed E-state index contributed by atoms with van der Waals surface area (Å²) in [6.45, 7) is 1.16. The number of rotatable bonds is 5. The van der Waals surface area contributed by atoms with Gasteiger partial charge < -0.3 is 14.6 Å². The quantitative estimate of drug-likeness (QED) is 0.909. The van der Waals surface area contributed by atoms with E-state index in [1.807, 2.05) is 34.9 Å². The van der Waals surface area contributed by atoms with Crippen LogP contribution in [0.2, 0.25) is 0 Å². The molecule has 1 atom stereocenters. The van der Waals surface area contributed by atoms with Crippen LogP contribution in [0.5, 0.6) is 0 Å². The number of likely N-dealkylation sites (tertiary alicyclic amines) is 1. The fraction of sp³-hybridized carbons (Fsp3) is 0.353. The van der Waals surface area contributed by atoms with E-state index in [0.29, 0.717) is 19.5 Å². The van der Waals surface area contributed by atoms with Crippen molar-refractivity contribution >= 4 is 11.9 Å². The summed E-state index contributed by atoms with van der Waals surface area (Å²) < 4.78 is 1.93. The number of carboxylic acid groups (broad SMARTS) is 1. The third kappa shape index (κ3) is 3.41. The fourth-order valence-electron chi connectivity index (χ4n) is 3.00. The molecule has 1 N–H and O–H groups in total. The van der Waals surface area contributed by atoms with E-state index in [2.05, 4.69) is 4.98 Å². The van der Waals surface area contributed by atoms with Crippen LogP contribution in [0, 0.1) is 0 Å². The molecule has 3 rings (SSSR count). The van der Waals surface area contributed by atoms with Gasteiger partial charge >= 0.3 is 5.97 Å². The summed E-state index contributed by atoms with van der Waals surface area (Å²) in [5.74, 6) is -1.07. The molecule has 1 fully saturated rings. The number of hydrogen-bond donors (Lipinski definition) is 1. The molecule has 1 aromatic carbocycles. The Morgan fingerprint density at radius 3 is 2.78 bits per heavy atom. The number of aromatic nitrogens is 2. The summed E-state index contributed by atoms with van der Waals surface area (Å²) in [6.07, 6.45) is 4.83. The van der Waals surface area contributed by atoms with Gasteiger partial charge in [0.25, 0.3) is 0 Å². The molecule has 0 bridgehead atoms. The number of carboxylic acids is 1. The molecule has 0 saturated carbocycles. The average Bonchev–Trinajstić information content (AvgIpc) is 3.18. The summed E-state index contributed by atoms with van der Waals surface area (Å²) in [7, 11) is 0. The number of carbonyl (C=O) groups excluding carboxylic acids is 1. The lowest BCUT2D eigenvalue weighted by Gasteiger charge is -2.21. The molecule has 6 heteroatoms. The first kappa shape index (κ1) is 15.3. The van der Waals surface area contributed by atoms with Crippen LogP contribution in [0.3, 0.4) is 0 Å². The van der Waals surface area contributed by atoms with Gasteiger partial charge in [0.05, 0.1) is 12.7 Å². The summed E-state index contributed by atoms with van der Waals surface area (Å²) in [4.78, 5) is 29.3. The minimum Gasteiger partial charge on any atom is -0.480 e. The summed E-state index contributed by atoms with van der Waals surface area (Å²) >= 11 is 0. The smallest absolute Gasteiger partial charge is 0.326 e. The Morgan fingerprint density at radius 2 is 2.04 bits per heavy atom. The Hall–Kier alpha value is -2.63. The van der Waals surface area contributed by atoms with Crippen LogP contribution in [-0.2, 0) is 22.6 Å². The number of hydrogen-bond acceptors (Lipinski definition) is 3. The molecule has 23 heavy (non-hydrogen) atoms. The van der Waals surface area contributed by atoms with Gasteiger partial charge in [-0.2, -0.15) is 0 Å². The van der Waals surface area contributed by atoms with Crippen LogP contribution < -0.4 is 0 Å². The van der Waals surface area contributed by atoms with Gasteiger partial charge in [0.1, 0.15) is 6.04 Å². The van der Waals surface area contributed by atoms with Crippen molar-refractivity contribution in [2.75, 3.05) is 6.54 Å². The van der Waals surface area contributed by atoms with Crippen molar-refractivity contribution in [2.45, 2.75) is 31.8 Å². The lowest BCUT2D eigenvalue weighted by atomic mass is 10.2. The molecule has 120 valence electrons. The first-order chi connectivity index (χ1) is 11.1. The first-order valence-electron chi connectivity index (χ1n) is 7.70. The Kier molecular flexibility index (Phi) is 4.41. The molecule has 1 aliphatic rings. The van der Waals surface area contributed by atoms with Gasteiger partial charge in [0.2, 0.25) is 5.91 Å². The van der Waals surface area contributed by atoms with Crippen LogP contribution in [0.1, 0.15) is 24.1 Å². The van der Waals surface area contributed by atoms with Gasteiger partial charge in [0.15, 0.2) is 0 Å². The van der Waals surface area contributed by atoms with Gasteiger partial charge in [-0.15, -0.1) is 0 Å². The molecular formula is C17H19N3O3. The Morgan fingerprint density at radius 1 is 1.26 bits per heavy atom. The van der Waals surface area contributed by atoms with Crippen LogP contribution in [0.15, 0.2) is 42.9 Å². The van der Waals surface area contributed by atoms with Crippen molar-refractivity contribution in [3.63, 3.8) is 0 Å². The van der Waals surface area contributed by atoms with Crippen molar-refractivity contribution in [1.82, 2.24) is 14.5 Å². The van der Waals surface area contributed by atoms with E-state index < -0.39 is 12.0 Å². The number of carbonyl (C=O) groups is 2. The third-order valence-electron chi connectivity index (χ3n) is 4.18. The van der Waals surface area contributed by atoms with Crippen molar-refractivity contribution in [3.05, 3.63) is 54.1 Å². The highest BCUT2D eigenvalue weighted by Gasteiger charge is 2.33. The second kappa shape index (κ2) is 6.64. The molecule has 1 saturated heterocycles. The highest BCUT2D eigenvalue weighted by atomic mass is 16.4. The number of imidazole rings is 1. The van der Waals surface area contributed by atoms with Gasteiger partial charge in [-0.1, -0.05) is 30.3 Å². The van der Waals surface area contributed by atoms with Gasteiger partial charge in [0, 0.05) is 25.0 Å². The molecule has 6 nitrogen and oxygen atoms in total. The summed E-state index contributed by atoms with van der Waals surface area (Å²) in [5, 5.41) is 9.20. The van der Waals surface area contributed by atoms with E-state index in [9.17, 15) is 14.7 Å². The van der Waals surface area contributed by atoms with Crippen LogP contribution in [0.4, 0.5) is 0 Å². The second-order valence-electron chi connectivity index (χ2n) is 5.76. The Balaban J connectivity index is 1.70. The molecule has 0 spiro atoms. The SMILES string of the molecule is O=C(O)[C@@H]1CCCN1C(=O)Cc1cncn1Cc1ccccc1. The number of amides is 1. The van der Waals surface area contributed by atoms with E-state index >= 15 is 0 Å². The maximum atomic E-state index is 12.5. The molecule has 2 heterocycles. The second-order valence-corrected chi connectivity index (χ2v) is 5.76. The molecule has 1 aliphatic heterocycles. The highest BCUT2D eigenvalue weighted by Crippen LogP contribution is 2.19. The molecule has 0 unspecified atom stereocenters. The molecule has 0 radical (unpaired) electrons. The number of nitrogens with zero attached hydrogens (tertiary/aromatic N) is 3. The van der Waals surface area contributed by atoms with Crippen molar-refractivity contribution < 1.29 is 14.7 Å². The summed E-state index contributed by atoms with van der Waals surface area (Å²) in [6, 6.07) is 9.26. The number of aliphatic carboxylic acids is 1. The molecular weight excluding hydrogens is 294 g/mol. The van der Waals surface area contributed by atoms with E-state index in [4.69, 9.17) is 0 Å². The monoisotopic (exact) mass is 313 g/mol. The van der Waals surface area contributed by atoms with E-state index in [0.717, 1.165) is 17.7 Å². The van der Waals surface area contributed by atoms with Gasteiger partial charge in [-0.3, -0.25) is 4.79 Å². The van der Waals surface area contributed by atoms with Gasteiger partial charge in [-0.05, 0) is 18.4 Å². The van der Waals surface area contributed by atoms with Crippen molar-refractivity contribution in [3.8, 4) is 0 Å². The molecule has 2 aromatic rings. The van der Waals surface area contributed by atoms with Crippen molar-refractivity contribution in [2.24, 2.45) is 0 Å². The highest BCUT2D eigenvalue weighted by molar-refractivity contribution is 5.85. The molecule has 0 aliphatic carbocycles. The van der Waals surface area contributed by atoms with Gasteiger partial charge in [-0.25, -0.2) is 9.78 Å². The minimum atomic E-state index is -0.923. The lowest BCUT2D eigenvalue weighted by Crippen LogP contribution is -2.41. The average molecular weight is 313 g/mol. The van der Waals surface area contributed by atoms with E-state index in [1.54, 1.807) is 12.5 Å². The zero-order valence-corrected chi connectivity index (χ0v) is 12.8. The number of benzene rings is 1. The van der Waals surface area contributed by atoms with E-state index in [-0.39, 0.29) is 12.3 Å². The predicted octanol–water partition coefficient (Wildman–Crippen LogP) is 1.55.